The smallest absolute Gasteiger partial charge is 0.243 e. The highest BCUT2D eigenvalue weighted by Crippen LogP contribution is 2.29. The van der Waals surface area contributed by atoms with Crippen LogP contribution in [0.15, 0.2) is 24.3 Å². The first kappa shape index (κ1) is 14.1. The van der Waals surface area contributed by atoms with Crippen molar-refractivity contribution in [1.29, 1.82) is 0 Å². The van der Waals surface area contributed by atoms with Crippen molar-refractivity contribution in [2.75, 3.05) is 11.4 Å². The van der Waals surface area contributed by atoms with Crippen LogP contribution in [0.4, 0.5) is 5.69 Å². The predicted molar refractivity (Wildman–Crippen MR) is 79.2 cm³/mol. The molecule has 2 atom stereocenters. The molecule has 19 heavy (non-hydrogen) atoms. The number of carbonyl (C=O) groups excluding carboxylic acids is 1. The molecule has 2 rings (SSSR count). The molecule has 0 fully saturated rings. The number of carbonyl (C=O) groups is 1. The Kier molecular flexibility index (Phi) is 4.59. The van der Waals surface area contributed by atoms with Gasteiger partial charge in [0.1, 0.15) is 0 Å². The van der Waals surface area contributed by atoms with Gasteiger partial charge in [-0.2, -0.15) is 0 Å². The van der Waals surface area contributed by atoms with Crippen LogP contribution < -0.4 is 10.6 Å². The Hall–Kier alpha value is -1.35. The number of hydrogen-bond acceptors (Lipinski definition) is 2. The number of unbranched alkanes of at least 4 members (excludes halogenated alkanes) is 1. The van der Waals surface area contributed by atoms with Crippen molar-refractivity contribution < 1.29 is 4.79 Å². The molecule has 1 aliphatic rings. The summed E-state index contributed by atoms with van der Waals surface area (Å²) in [5.41, 5.74) is 8.36. The molecule has 0 bridgehead atoms. The first-order valence-electron chi connectivity index (χ1n) is 7.28. The fourth-order valence-electron chi connectivity index (χ4n) is 2.75. The first-order chi connectivity index (χ1) is 9.13. The number of fused-ring (bicyclic) bond motifs is 1. The summed E-state index contributed by atoms with van der Waals surface area (Å²) in [6.07, 6.45) is 3.92. The summed E-state index contributed by atoms with van der Waals surface area (Å²) in [4.78, 5) is 14.4. The summed E-state index contributed by atoms with van der Waals surface area (Å²) in [7, 11) is 0. The van der Waals surface area contributed by atoms with Gasteiger partial charge in [-0.15, -0.1) is 0 Å². The highest BCUT2D eigenvalue weighted by atomic mass is 16.2. The van der Waals surface area contributed by atoms with Crippen LogP contribution in [-0.2, 0) is 11.2 Å². The largest absolute Gasteiger partial charge is 0.320 e. The van der Waals surface area contributed by atoms with Crippen LogP contribution in [0.3, 0.4) is 0 Å². The lowest BCUT2D eigenvalue weighted by Gasteiger charge is -2.34. The third-order valence-corrected chi connectivity index (χ3v) is 3.80. The van der Waals surface area contributed by atoms with Crippen LogP contribution in [-0.4, -0.2) is 18.5 Å². The summed E-state index contributed by atoms with van der Waals surface area (Å²) >= 11 is 0. The quantitative estimate of drug-likeness (QED) is 0.904. The number of amides is 1. The molecule has 1 aliphatic heterocycles. The van der Waals surface area contributed by atoms with E-state index in [1.54, 1.807) is 0 Å². The van der Waals surface area contributed by atoms with Gasteiger partial charge in [0.05, 0.1) is 6.04 Å². The lowest BCUT2D eigenvalue weighted by Crippen LogP contribution is -2.47. The summed E-state index contributed by atoms with van der Waals surface area (Å²) < 4.78 is 0. The Morgan fingerprint density at radius 3 is 2.95 bits per heavy atom. The van der Waals surface area contributed by atoms with Gasteiger partial charge < -0.3 is 10.6 Å². The molecule has 0 radical (unpaired) electrons. The van der Waals surface area contributed by atoms with Crippen molar-refractivity contribution in [1.82, 2.24) is 0 Å². The van der Waals surface area contributed by atoms with Gasteiger partial charge in [-0.3, -0.25) is 4.79 Å². The predicted octanol–water partition coefficient (Wildman–Crippen LogP) is 2.73. The van der Waals surface area contributed by atoms with Crippen molar-refractivity contribution in [3.63, 3.8) is 0 Å². The number of anilines is 1. The molecule has 3 nitrogen and oxygen atoms in total. The van der Waals surface area contributed by atoms with Crippen molar-refractivity contribution in [3.05, 3.63) is 29.8 Å². The van der Waals surface area contributed by atoms with Gasteiger partial charge in [0.15, 0.2) is 0 Å². The Balaban J connectivity index is 2.18. The summed E-state index contributed by atoms with van der Waals surface area (Å²) in [6, 6.07) is 7.82. The minimum atomic E-state index is -0.363. The van der Waals surface area contributed by atoms with Crippen LogP contribution in [0.1, 0.15) is 38.7 Å². The SMILES string of the molecule is CCCC[C@H](N)C(=O)N1CC(C)Cc2ccccc21. The molecular weight excluding hydrogens is 236 g/mol. The number of para-hydroxylation sites is 1. The number of hydrogen-bond donors (Lipinski definition) is 1. The molecule has 1 aromatic rings. The van der Waals surface area contributed by atoms with Gasteiger partial charge >= 0.3 is 0 Å². The average Bonchev–Trinajstić information content (AvgIpc) is 2.42. The van der Waals surface area contributed by atoms with E-state index in [4.69, 9.17) is 5.73 Å². The normalized spacial score (nSPS) is 19.9. The zero-order chi connectivity index (χ0) is 13.8. The molecular formula is C16H24N2O. The van der Waals surface area contributed by atoms with E-state index in [2.05, 4.69) is 19.9 Å². The van der Waals surface area contributed by atoms with E-state index in [1.165, 1.54) is 5.56 Å². The molecule has 2 N–H and O–H groups in total. The highest BCUT2D eigenvalue weighted by Gasteiger charge is 2.28. The number of benzene rings is 1. The molecule has 0 spiro atoms. The maximum atomic E-state index is 12.5. The second-order valence-corrected chi connectivity index (χ2v) is 5.64. The molecule has 0 saturated carbocycles. The summed E-state index contributed by atoms with van der Waals surface area (Å²) in [5.74, 6) is 0.574. The van der Waals surface area contributed by atoms with Crippen LogP contribution in [0, 0.1) is 5.92 Å². The first-order valence-corrected chi connectivity index (χ1v) is 7.28. The Morgan fingerprint density at radius 2 is 2.21 bits per heavy atom. The van der Waals surface area contributed by atoms with E-state index in [9.17, 15) is 4.79 Å². The second-order valence-electron chi connectivity index (χ2n) is 5.64. The van der Waals surface area contributed by atoms with Crippen LogP contribution in [0.2, 0.25) is 0 Å². The monoisotopic (exact) mass is 260 g/mol. The van der Waals surface area contributed by atoms with E-state index >= 15 is 0 Å². The summed E-state index contributed by atoms with van der Waals surface area (Å²) in [5, 5.41) is 0. The topological polar surface area (TPSA) is 46.3 Å². The Bertz CT molecular complexity index is 444. The lowest BCUT2D eigenvalue weighted by atomic mass is 9.93. The van der Waals surface area contributed by atoms with Gasteiger partial charge in [0.2, 0.25) is 5.91 Å². The van der Waals surface area contributed by atoms with E-state index in [0.29, 0.717) is 5.92 Å². The molecule has 0 aliphatic carbocycles. The van der Waals surface area contributed by atoms with E-state index < -0.39 is 0 Å². The van der Waals surface area contributed by atoms with Gasteiger partial charge in [0, 0.05) is 12.2 Å². The molecule has 1 unspecified atom stereocenters. The number of nitrogens with two attached hydrogens (primary N) is 1. The molecule has 1 aromatic carbocycles. The van der Waals surface area contributed by atoms with Gasteiger partial charge in [-0.25, -0.2) is 0 Å². The van der Waals surface area contributed by atoms with Crippen LogP contribution in [0.25, 0.3) is 0 Å². The van der Waals surface area contributed by atoms with Gasteiger partial charge in [-0.05, 0) is 30.4 Å². The van der Waals surface area contributed by atoms with Crippen molar-refractivity contribution in [2.24, 2.45) is 11.7 Å². The zero-order valence-corrected chi connectivity index (χ0v) is 11.9. The summed E-state index contributed by atoms with van der Waals surface area (Å²) in [6.45, 7) is 5.10. The van der Waals surface area contributed by atoms with E-state index in [1.807, 2.05) is 23.1 Å². The lowest BCUT2D eigenvalue weighted by molar-refractivity contribution is -0.120. The van der Waals surface area contributed by atoms with Crippen molar-refractivity contribution >= 4 is 11.6 Å². The van der Waals surface area contributed by atoms with E-state index in [-0.39, 0.29) is 11.9 Å². The molecule has 1 heterocycles. The average molecular weight is 260 g/mol. The van der Waals surface area contributed by atoms with Crippen molar-refractivity contribution in [3.8, 4) is 0 Å². The Morgan fingerprint density at radius 1 is 1.47 bits per heavy atom. The Labute approximate surface area is 115 Å². The number of rotatable bonds is 4. The maximum Gasteiger partial charge on any atom is 0.243 e. The standard InChI is InChI=1S/C16H24N2O/c1-3-4-8-14(17)16(19)18-11-12(2)10-13-7-5-6-9-15(13)18/h5-7,9,12,14H,3-4,8,10-11,17H2,1-2H3/t12?,14-/m0/s1. The minimum Gasteiger partial charge on any atom is -0.320 e. The van der Waals surface area contributed by atoms with Crippen molar-refractivity contribution in [2.45, 2.75) is 45.6 Å². The van der Waals surface area contributed by atoms with Crippen LogP contribution in [0.5, 0.6) is 0 Å². The van der Waals surface area contributed by atoms with Crippen LogP contribution >= 0.6 is 0 Å². The second kappa shape index (κ2) is 6.20. The third kappa shape index (κ3) is 3.16. The molecule has 0 aromatic heterocycles. The fraction of sp³-hybridized carbons (Fsp3) is 0.562. The molecule has 1 amide bonds. The highest BCUT2D eigenvalue weighted by molar-refractivity contribution is 5.98. The third-order valence-electron chi connectivity index (χ3n) is 3.80. The van der Waals surface area contributed by atoms with Gasteiger partial charge in [-0.1, -0.05) is 44.9 Å². The minimum absolute atomic E-state index is 0.0763. The molecule has 0 saturated heterocycles. The number of nitrogens with zero attached hydrogens (tertiary/aromatic N) is 1. The molecule has 104 valence electrons. The maximum absolute atomic E-state index is 12.5. The van der Waals surface area contributed by atoms with E-state index in [0.717, 1.165) is 37.9 Å². The zero-order valence-electron chi connectivity index (χ0n) is 11.9. The molecule has 3 heteroatoms. The van der Waals surface area contributed by atoms with Gasteiger partial charge in [0.25, 0.3) is 0 Å². The fourth-order valence-corrected chi connectivity index (χ4v) is 2.75.